The molecule has 1 nitrogen and oxygen atoms in total. The summed E-state index contributed by atoms with van der Waals surface area (Å²) in [6.45, 7) is 9.30. The Labute approximate surface area is 109 Å². The van der Waals surface area contributed by atoms with Gasteiger partial charge in [0.1, 0.15) is 0 Å². The van der Waals surface area contributed by atoms with Gasteiger partial charge in [-0.15, -0.1) is 11.3 Å². The van der Waals surface area contributed by atoms with Gasteiger partial charge in [0.05, 0.1) is 23.7 Å². The van der Waals surface area contributed by atoms with E-state index in [9.17, 15) is 0 Å². The number of nitrogens with zero attached hydrogens (tertiary/aromatic N) is 1. The van der Waals surface area contributed by atoms with Crippen molar-refractivity contribution in [2.24, 2.45) is 0 Å². The van der Waals surface area contributed by atoms with E-state index in [0.717, 1.165) is 0 Å². The van der Waals surface area contributed by atoms with Crippen molar-refractivity contribution >= 4 is 19.4 Å². The van der Waals surface area contributed by atoms with Gasteiger partial charge in [0, 0.05) is 0 Å². The Kier molecular flexibility index (Phi) is 3.49. The number of rotatable bonds is 3. The zero-order valence-electron chi connectivity index (χ0n) is 10.9. The van der Waals surface area contributed by atoms with Crippen molar-refractivity contribution in [1.29, 1.82) is 0 Å². The Balaban J connectivity index is 2.41. The van der Waals surface area contributed by atoms with Crippen molar-refractivity contribution in [1.82, 2.24) is 4.98 Å². The molecular formula is C14H19NSSi. The first-order valence-electron chi connectivity index (χ1n) is 5.97. The lowest BCUT2D eigenvalue weighted by Gasteiger charge is -2.14. The average Bonchev–Trinajstić information content (AvgIpc) is 2.58. The van der Waals surface area contributed by atoms with Crippen LogP contribution in [0.1, 0.15) is 10.7 Å². The maximum Gasteiger partial charge on any atom is 0.0903 e. The monoisotopic (exact) mass is 261 g/mol. The molecule has 90 valence electrons. The van der Waals surface area contributed by atoms with Gasteiger partial charge in [-0.25, -0.2) is 4.98 Å². The predicted molar refractivity (Wildman–Crippen MR) is 79.3 cm³/mol. The van der Waals surface area contributed by atoms with Gasteiger partial charge in [0.15, 0.2) is 0 Å². The van der Waals surface area contributed by atoms with Crippen LogP contribution in [0, 0.1) is 6.92 Å². The lowest BCUT2D eigenvalue weighted by molar-refractivity contribution is 1.14. The van der Waals surface area contributed by atoms with Crippen LogP contribution in [-0.2, 0) is 6.04 Å². The highest BCUT2D eigenvalue weighted by molar-refractivity contribution is 7.15. The molecule has 3 heteroatoms. The zero-order chi connectivity index (χ0) is 12.5. The summed E-state index contributed by atoms with van der Waals surface area (Å²) in [5.74, 6) is 0. The van der Waals surface area contributed by atoms with Crippen molar-refractivity contribution < 1.29 is 0 Å². The molecule has 0 N–H and O–H groups in total. The summed E-state index contributed by atoms with van der Waals surface area (Å²) in [5, 5.41) is 1.18. The zero-order valence-corrected chi connectivity index (χ0v) is 12.8. The number of thiazole rings is 1. The molecule has 0 saturated carbocycles. The molecule has 0 bridgehead atoms. The molecule has 1 aromatic carbocycles. The maximum absolute atomic E-state index is 4.73. The molecule has 0 aliphatic rings. The van der Waals surface area contributed by atoms with Crippen molar-refractivity contribution in [3.05, 3.63) is 41.0 Å². The molecule has 2 rings (SSSR count). The minimum Gasteiger partial charge on any atom is -0.246 e. The van der Waals surface area contributed by atoms with Gasteiger partial charge in [-0.05, 0) is 18.5 Å². The standard InChI is InChI=1S/C14H19NSSi/c1-11-15-13(10-17(2,3)4)14(16-11)12-8-6-5-7-9-12/h5-9H,10H2,1-4H3. The summed E-state index contributed by atoms with van der Waals surface area (Å²) in [6.07, 6.45) is 0. The van der Waals surface area contributed by atoms with Crippen LogP contribution in [0.25, 0.3) is 10.4 Å². The molecule has 0 unspecified atom stereocenters. The van der Waals surface area contributed by atoms with Crippen LogP contribution >= 0.6 is 11.3 Å². The Morgan fingerprint density at radius 2 is 1.76 bits per heavy atom. The van der Waals surface area contributed by atoms with Gasteiger partial charge in [0.25, 0.3) is 0 Å². The topological polar surface area (TPSA) is 12.9 Å². The average molecular weight is 261 g/mol. The van der Waals surface area contributed by atoms with E-state index in [1.54, 1.807) is 0 Å². The molecule has 0 atom stereocenters. The van der Waals surface area contributed by atoms with E-state index in [1.807, 2.05) is 11.3 Å². The summed E-state index contributed by atoms with van der Waals surface area (Å²) in [5.41, 5.74) is 2.62. The number of aryl methyl sites for hydroxylation is 1. The molecule has 2 aromatic rings. The Bertz CT molecular complexity index is 497. The molecule has 0 saturated heterocycles. The highest BCUT2D eigenvalue weighted by Crippen LogP contribution is 2.31. The van der Waals surface area contributed by atoms with Crippen LogP contribution in [0.3, 0.4) is 0 Å². The Hall–Kier alpha value is -0.933. The van der Waals surface area contributed by atoms with Crippen LogP contribution in [0.2, 0.25) is 19.6 Å². The first-order chi connectivity index (χ1) is 7.96. The summed E-state index contributed by atoms with van der Waals surface area (Å²) in [7, 11) is -1.10. The van der Waals surface area contributed by atoms with Gasteiger partial charge >= 0.3 is 0 Å². The third kappa shape index (κ3) is 3.27. The lowest BCUT2D eigenvalue weighted by atomic mass is 10.2. The fourth-order valence-corrected chi connectivity index (χ4v) is 4.24. The molecule has 1 heterocycles. The van der Waals surface area contributed by atoms with E-state index in [-0.39, 0.29) is 0 Å². The third-order valence-electron chi connectivity index (χ3n) is 2.54. The van der Waals surface area contributed by atoms with E-state index >= 15 is 0 Å². The highest BCUT2D eigenvalue weighted by Gasteiger charge is 2.19. The molecule has 0 aliphatic heterocycles. The smallest absolute Gasteiger partial charge is 0.0903 e. The SMILES string of the molecule is Cc1nc(C[Si](C)(C)C)c(-c2ccccc2)s1. The first kappa shape index (κ1) is 12.5. The molecule has 0 amide bonds. The highest BCUT2D eigenvalue weighted by atomic mass is 32.1. The summed E-state index contributed by atoms with van der Waals surface area (Å²) in [4.78, 5) is 6.09. The van der Waals surface area contributed by atoms with E-state index in [2.05, 4.69) is 56.9 Å². The second-order valence-electron chi connectivity index (χ2n) is 5.61. The third-order valence-corrected chi connectivity index (χ3v) is 5.00. The van der Waals surface area contributed by atoms with E-state index in [0.29, 0.717) is 0 Å². The fraction of sp³-hybridized carbons (Fsp3) is 0.357. The second kappa shape index (κ2) is 4.74. The number of hydrogen-bond donors (Lipinski definition) is 0. The van der Waals surface area contributed by atoms with Gasteiger partial charge in [-0.3, -0.25) is 0 Å². The minimum absolute atomic E-state index is 1.10. The van der Waals surface area contributed by atoms with Crippen molar-refractivity contribution in [2.45, 2.75) is 32.6 Å². The predicted octanol–water partition coefficient (Wildman–Crippen LogP) is 4.54. The van der Waals surface area contributed by atoms with E-state index < -0.39 is 8.07 Å². The summed E-state index contributed by atoms with van der Waals surface area (Å²) in [6, 6.07) is 11.8. The fourth-order valence-electron chi connectivity index (χ4n) is 1.91. The molecular weight excluding hydrogens is 242 g/mol. The molecule has 17 heavy (non-hydrogen) atoms. The van der Waals surface area contributed by atoms with Gasteiger partial charge in [0.2, 0.25) is 0 Å². The Morgan fingerprint density at radius 3 is 2.35 bits per heavy atom. The maximum atomic E-state index is 4.73. The molecule has 1 aromatic heterocycles. The quantitative estimate of drug-likeness (QED) is 0.739. The van der Waals surface area contributed by atoms with Gasteiger partial charge in [-0.2, -0.15) is 0 Å². The number of benzene rings is 1. The van der Waals surface area contributed by atoms with Crippen LogP contribution in [-0.4, -0.2) is 13.1 Å². The molecule has 0 aliphatic carbocycles. The second-order valence-corrected chi connectivity index (χ2v) is 12.3. The lowest BCUT2D eigenvalue weighted by Crippen LogP contribution is -2.24. The van der Waals surface area contributed by atoms with E-state index in [1.165, 1.54) is 27.2 Å². The van der Waals surface area contributed by atoms with Crippen LogP contribution in [0.15, 0.2) is 30.3 Å². The van der Waals surface area contributed by atoms with Gasteiger partial charge in [-0.1, -0.05) is 50.0 Å². The van der Waals surface area contributed by atoms with Crippen molar-refractivity contribution in [2.75, 3.05) is 0 Å². The normalized spacial score (nSPS) is 11.8. The van der Waals surface area contributed by atoms with E-state index in [4.69, 9.17) is 4.98 Å². The number of aromatic nitrogens is 1. The van der Waals surface area contributed by atoms with Gasteiger partial charge < -0.3 is 0 Å². The minimum atomic E-state index is -1.10. The van der Waals surface area contributed by atoms with Crippen LogP contribution < -0.4 is 0 Å². The largest absolute Gasteiger partial charge is 0.246 e. The van der Waals surface area contributed by atoms with Crippen LogP contribution in [0.4, 0.5) is 0 Å². The number of hydrogen-bond acceptors (Lipinski definition) is 2. The van der Waals surface area contributed by atoms with Crippen molar-refractivity contribution in [3.8, 4) is 10.4 Å². The molecule has 0 fully saturated rings. The summed E-state index contributed by atoms with van der Waals surface area (Å²) >= 11 is 1.82. The molecule has 0 spiro atoms. The Morgan fingerprint density at radius 1 is 1.12 bits per heavy atom. The van der Waals surface area contributed by atoms with Crippen molar-refractivity contribution in [3.63, 3.8) is 0 Å². The first-order valence-corrected chi connectivity index (χ1v) is 10.5. The molecule has 0 radical (unpaired) electrons. The van der Waals surface area contributed by atoms with Crippen LogP contribution in [0.5, 0.6) is 0 Å². The summed E-state index contributed by atoms with van der Waals surface area (Å²) < 4.78 is 0.